The summed E-state index contributed by atoms with van der Waals surface area (Å²) in [5.41, 5.74) is 15.1. The van der Waals surface area contributed by atoms with Gasteiger partial charge in [0, 0.05) is 0 Å². The molecule has 1 heteroatoms. The van der Waals surface area contributed by atoms with E-state index in [1.807, 2.05) is 0 Å². The molecule has 0 radical (unpaired) electrons. The quantitative estimate of drug-likeness (QED) is 0.171. The second-order valence-electron chi connectivity index (χ2n) is 13.5. The summed E-state index contributed by atoms with van der Waals surface area (Å²) in [4.78, 5) is 0. The standard InChI is InChI=1S/C48H30N/c1-3-15-39-35(11-1)36-12-2-4-16-40(36)47-46(39)41-28-33-25-24-32(30-20-22-31(23-21-30)45-19-9-10-26-49-45)27-34(33)29-44(41)48(47)42-17-7-5-13-37(42)38-14-6-8-18-43(38)48/h1-25,27-29H,26H2/q-1. The highest BCUT2D eigenvalue weighted by atomic mass is 14.9. The summed E-state index contributed by atoms with van der Waals surface area (Å²) in [5, 5.41) is 12.5. The molecule has 0 bridgehead atoms. The summed E-state index contributed by atoms with van der Waals surface area (Å²) < 4.78 is 0. The Morgan fingerprint density at radius 3 is 1.78 bits per heavy atom. The Bertz CT molecular complexity index is 2710. The predicted molar refractivity (Wildman–Crippen MR) is 206 cm³/mol. The minimum atomic E-state index is -0.432. The molecule has 0 aromatic heterocycles. The molecule has 49 heavy (non-hydrogen) atoms. The van der Waals surface area contributed by atoms with Crippen molar-refractivity contribution in [1.82, 2.24) is 0 Å². The molecule has 8 aromatic carbocycles. The van der Waals surface area contributed by atoms with Crippen molar-refractivity contribution in [2.24, 2.45) is 0 Å². The van der Waals surface area contributed by atoms with Crippen molar-refractivity contribution in [1.29, 1.82) is 0 Å². The number of nitrogens with zero attached hydrogens (tertiary/aromatic N) is 1. The van der Waals surface area contributed by atoms with Crippen LogP contribution in [0.25, 0.3) is 76.7 Å². The van der Waals surface area contributed by atoms with Crippen molar-refractivity contribution in [3.63, 3.8) is 0 Å². The first kappa shape index (κ1) is 26.8. The Balaban J connectivity index is 1.22. The van der Waals surface area contributed by atoms with Crippen molar-refractivity contribution in [2.75, 3.05) is 6.54 Å². The Morgan fingerprint density at radius 2 is 1.06 bits per heavy atom. The smallest absolute Gasteiger partial charge is 0.0731 e. The maximum Gasteiger partial charge on any atom is 0.0731 e. The van der Waals surface area contributed by atoms with Crippen LogP contribution in [0, 0.1) is 0 Å². The molecule has 8 aromatic rings. The molecule has 3 aliphatic rings. The molecule has 2 aliphatic carbocycles. The maximum absolute atomic E-state index is 4.67. The lowest BCUT2D eigenvalue weighted by Gasteiger charge is -2.32. The van der Waals surface area contributed by atoms with Gasteiger partial charge >= 0.3 is 0 Å². The zero-order chi connectivity index (χ0) is 32.1. The molecule has 0 saturated carbocycles. The largest absolute Gasteiger partial charge is 0.681 e. The van der Waals surface area contributed by atoms with E-state index in [0.717, 1.165) is 17.8 Å². The Morgan fingerprint density at radius 1 is 0.449 bits per heavy atom. The van der Waals surface area contributed by atoms with E-state index in [9.17, 15) is 0 Å². The van der Waals surface area contributed by atoms with E-state index < -0.39 is 5.41 Å². The van der Waals surface area contributed by atoms with Gasteiger partial charge in [0.1, 0.15) is 0 Å². The Kier molecular flexibility index (Phi) is 5.43. The summed E-state index contributed by atoms with van der Waals surface area (Å²) in [6, 6.07) is 57.1. The van der Waals surface area contributed by atoms with Gasteiger partial charge in [0.15, 0.2) is 0 Å². The van der Waals surface area contributed by atoms with Crippen LogP contribution in [0.5, 0.6) is 0 Å². The van der Waals surface area contributed by atoms with E-state index >= 15 is 0 Å². The normalized spacial score (nSPS) is 14.8. The third kappa shape index (κ3) is 3.54. The second kappa shape index (κ2) is 9.92. The number of hydrogen-bond donors (Lipinski definition) is 0. The molecule has 0 unspecified atom stereocenters. The Hall–Kier alpha value is -6.18. The van der Waals surface area contributed by atoms with E-state index in [1.165, 1.54) is 88.0 Å². The fraction of sp³-hybridized carbons (Fsp3) is 0.0417. The molecular weight excluding hydrogens is 591 g/mol. The van der Waals surface area contributed by atoms with Gasteiger partial charge in [-0.05, 0) is 112 Å². The molecule has 1 nitrogen and oxygen atoms in total. The third-order valence-corrected chi connectivity index (χ3v) is 11.2. The van der Waals surface area contributed by atoms with Crippen LogP contribution in [0.4, 0.5) is 0 Å². The average molecular weight is 621 g/mol. The zero-order valence-electron chi connectivity index (χ0n) is 26.8. The zero-order valence-corrected chi connectivity index (χ0v) is 26.8. The van der Waals surface area contributed by atoms with E-state index in [2.05, 4.69) is 175 Å². The van der Waals surface area contributed by atoms with Crippen molar-refractivity contribution in [3.05, 3.63) is 203 Å². The minimum absolute atomic E-state index is 0.432. The van der Waals surface area contributed by atoms with Crippen LogP contribution < -0.4 is 0 Å². The molecule has 0 N–H and O–H groups in total. The molecular formula is C48H30N-. The van der Waals surface area contributed by atoms with Gasteiger partial charge in [-0.1, -0.05) is 146 Å². The first-order valence-electron chi connectivity index (χ1n) is 17.2. The summed E-state index contributed by atoms with van der Waals surface area (Å²) in [5.74, 6) is 0. The third-order valence-electron chi connectivity index (χ3n) is 11.2. The minimum Gasteiger partial charge on any atom is -0.681 e. The van der Waals surface area contributed by atoms with Crippen molar-refractivity contribution in [3.8, 4) is 33.4 Å². The molecule has 0 saturated heterocycles. The van der Waals surface area contributed by atoms with Gasteiger partial charge in [0.05, 0.1) is 5.41 Å². The fourth-order valence-electron chi connectivity index (χ4n) is 9.18. The molecule has 1 aliphatic heterocycles. The van der Waals surface area contributed by atoms with Crippen LogP contribution >= 0.6 is 0 Å². The summed E-state index contributed by atoms with van der Waals surface area (Å²) >= 11 is 0. The lowest BCUT2D eigenvalue weighted by molar-refractivity contribution is 0.803. The highest BCUT2D eigenvalue weighted by molar-refractivity contribution is 6.20. The van der Waals surface area contributed by atoms with Crippen LogP contribution in [-0.2, 0) is 5.41 Å². The lowest BCUT2D eigenvalue weighted by atomic mass is 9.69. The summed E-state index contributed by atoms with van der Waals surface area (Å²) in [6.45, 7) is 0.745. The van der Waals surface area contributed by atoms with Crippen LogP contribution in [-0.4, -0.2) is 6.54 Å². The topological polar surface area (TPSA) is 14.1 Å². The van der Waals surface area contributed by atoms with Crippen LogP contribution in [0.2, 0.25) is 0 Å². The van der Waals surface area contributed by atoms with Gasteiger partial charge in [-0.25, -0.2) is 0 Å². The van der Waals surface area contributed by atoms with Gasteiger partial charge in [-0.15, -0.1) is 18.3 Å². The number of fused-ring (bicyclic) bond motifs is 16. The van der Waals surface area contributed by atoms with Crippen LogP contribution in [0.15, 0.2) is 170 Å². The summed E-state index contributed by atoms with van der Waals surface area (Å²) in [6.07, 6.45) is 6.27. The average Bonchev–Trinajstić information content (AvgIpc) is 3.64. The Labute approximate surface area is 285 Å². The molecule has 0 fully saturated rings. The lowest BCUT2D eigenvalue weighted by Crippen LogP contribution is -2.26. The molecule has 0 amide bonds. The SMILES string of the molecule is C1=CC[N-]C(c2ccc(-c3ccc4cc5c(cc4c3)C3(c4ccccc4-c4ccccc43)c3c-5c4ccccc4c4ccccc34)cc2)=C1. The van der Waals surface area contributed by atoms with E-state index in [0.29, 0.717) is 0 Å². The van der Waals surface area contributed by atoms with Gasteiger partial charge in [0.2, 0.25) is 0 Å². The van der Waals surface area contributed by atoms with Crippen molar-refractivity contribution >= 4 is 38.0 Å². The molecule has 1 spiro atoms. The maximum atomic E-state index is 4.67. The predicted octanol–water partition coefficient (Wildman–Crippen LogP) is 12.4. The number of allylic oxidation sites excluding steroid dienone is 2. The van der Waals surface area contributed by atoms with E-state index in [1.54, 1.807) is 0 Å². The molecule has 0 atom stereocenters. The first-order chi connectivity index (χ1) is 24.3. The van der Waals surface area contributed by atoms with Crippen LogP contribution in [0.1, 0.15) is 27.8 Å². The van der Waals surface area contributed by atoms with Crippen LogP contribution in [0.3, 0.4) is 0 Å². The van der Waals surface area contributed by atoms with E-state index in [-0.39, 0.29) is 0 Å². The van der Waals surface area contributed by atoms with Crippen molar-refractivity contribution < 1.29 is 0 Å². The highest BCUT2D eigenvalue weighted by Gasteiger charge is 2.53. The number of hydrogen-bond acceptors (Lipinski definition) is 0. The highest BCUT2D eigenvalue weighted by Crippen LogP contribution is 2.65. The fourth-order valence-corrected chi connectivity index (χ4v) is 9.18. The first-order valence-corrected chi connectivity index (χ1v) is 17.2. The number of rotatable bonds is 2. The summed E-state index contributed by atoms with van der Waals surface area (Å²) in [7, 11) is 0. The monoisotopic (exact) mass is 620 g/mol. The second-order valence-corrected chi connectivity index (χ2v) is 13.5. The number of benzene rings is 8. The molecule has 11 rings (SSSR count). The molecule has 1 heterocycles. The van der Waals surface area contributed by atoms with Crippen molar-refractivity contribution in [2.45, 2.75) is 5.41 Å². The van der Waals surface area contributed by atoms with Gasteiger partial charge in [-0.2, -0.15) is 0 Å². The molecule has 228 valence electrons. The van der Waals surface area contributed by atoms with Gasteiger partial charge in [-0.3, -0.25) is 0 Å². The van der Waals surface area contributed by atoms with Gasteiger partial charge in [0.25, 0.3) is 0 Å². The van der Waals surface area contributed by atoms with Gasteiger partial charge < -0.3 is 5.32 Å². The van der Waals surface area contributed by atoms with E-state index in [4.69, 9.17) is 0 Å².